The SMILES string of the molecule is C=CCN(CC=C)c1nc(OCC(=C)C)nc(N(CC=C)CC=C)n1. The third-order valence-corrected chi connectivity index (χ3v) is 3.00. The summed E-state index contributed by atoms with van der Waals surface area (Å²) in [6, 6.07) is 0.249. The van der Waals surface area contributed by atoms with Crippen LogP contribution < -0.4 is 14.5 Å². The zero-order valence-corrected chi connectivity index (χ0v) is 15.0. The molecule has 1 heterocycles. The van der Waals surface area contributed by atoms with E-state index in [9.17, 15) is 0 Å². The Morgan fingerprint density at radius 1 is 0.840 bits per heavy atom. The van der Waals surface area contributed by atoms with E-state index in [2.05, 4.69) is 47.8 Å². The fourth-order valence-corrected chi connectivity index (χ4v) is 1.97. The summed E-state index contributed by atoms with van der Waals surface area (Å²) >= 11 is 0. The summed E-state index contributed by atoms with van der Waals surface area (Å²) in [6.45, 7) is 23.5. The standard InChI is InChI=1S/C19H27N5O/c1-7-11-23(12-8-2)17-20-18(24(13-9-3)14-10-4)22-19(21-17)25-15-16(5)6/h7-10H,1-5,11-15H2,6H3. The van der Waals surface area contributed by atoms with Crippen LogP contribution >= 0.6 is 0 Å². The van der Waals surface area contributed by atoms with Crippen LogP contribution in [0.25, 0.3) is 0 Å². The smallest absolute Gasteiger partial charge is 0.323 e. The monoisotopic (exact) mass is 341 g/mol. The van der Waals surface area contributed by atoms with Gasteiger partial charge in [-0.3, -0.25) is 0 Å². The van der Waals surface area contributed by atoms with Crippen molar-refractivity contribution in [2.24, 2.45) is 0 Å². The third kappa shape index (κ3) is 6.63. The van der Waals surface area contributed by atoms with Gasteiger partial charge in [0.1, 0.15) is 6.61 Å². The lowest BCUT2D eigenvalue weighted by molar-refractivity contribution is 0.323. The number of rotatable bonds is 13. The summed E-state index contributed by atoms with van der Waals surface area (Å²) < 4.78 is 5.64. The molecule has 0 saturated carbocycles. The Hall–Kier alpha value is -2.89. The number of anilines is 2. The Morgan fingerprint density at radius 3 is 1.56 bits per heavy atom. The molecule has 1 aromatic rings. The molecule has 0 unspecified atom stereocenters. The van der Waals surface area contributed by atoms with Gasteiger partial charge in [0.05, 0.1) is 0 Å². The van der Waals surface area contributed by atoms with Gasteiger partial charge in [-0.15, -0.1) is 26.3 Å². The molecule has 1 aromatic heterocycles. The van der Waals surface area contributed by atoms with Crippen molar-refractivity contribution in [1.29, 1.82) is 0 Å². The molecule has 0 aliphatic heterocycles. The van der Waals surface area contributed by atoms with Crippen molar-refractivity contribution in [3.8, 4) is 6.01 Å². The van der Waals surface area contributed by atoms with E-state index < -0.39 is 0 Å². The topological polar surface area (TPSA) is 54.4 Å². The van der Waals surface area contributed by atoms with Gasteiger partial charge in [-0.05, 0) is 12.5 Å². The van der Waals surface area contributed by atoms with Crippen molar-refractivity contribution in [2.75, 3.05) is 42.6 Å². The van der Waals surface area contributed by atoms with Crippen LogP contribution in [0.4, 0.5) is 11.9 Å². The number of ether oxygens (including phenoxy) is 1. The zero-order chi connectivity index (χ0) is 18.7. The van der Waals surface area contributed by atoms with E-state index in [-0.39, 0.29) is 6.01 Å². The molecule has 6 nitrogen and oxygen atoms in total. The second kappa shape index (κ2) is 10.8. The molecule has 0 N–H and O–H groups in total. The van der Waals surface area contributed by atoms with Crippen molar-refractivity contribution in [1.82, 2.24) is 15.0 Å². The van der Waals surface area contributed by atoms with Gasteiger partial charge in [0, 0.05) is 26.2 Å². The number of nitrogens with zero attached hydrogens (tertiary/aromatic N) is 5. The lowest BCUT2D eigenvalue weighted by atomic mass is 10.4. The minimum absolute atomic E-state index is 0.249. The van der Waals surface area contributed by atoms with Crippen LogP contribution in [0.15, 0.2) is 62.8 Å². The van der Waals surface area contributed by atoms with Gasteiger partial charge in [0.15, 0.2) is 0 Å². The first-order valence-electron chi connectivity index (χ1n) is 8.02. The van der Waals surface area contributed by atoms with Gasteiger partial charge in [0.25, 0.3) is 0 Å². The third-order valence-electron chi connectivity index (χ3n) is 3.00. The number of hydrogen-bond acceptors (Lipinski definition) is 6. The number of aromatic nitrogens is 3. The quantitative estimate of drug-likeness (QED) is 0.514. The Morgan fingerprint density at radius 2 is 1.24 bits per heavy atom. The summed E-state index contributed by atoms with van der Waals surface area (Å²) in [5.41, 5.74) is 0.881. The maximum absolute atomic E-state index is 5.64. The second-order valence-electron chi connectivity index (χ2n) is 5.43. The molecule has 0 fully saturated rings. The van der Waals surface area contributed by atoms with Gasteiger partial charge < -0.3 is 14.5 Å². The van der Waals surface area contributed by atoms with Crippen molar-refractivity contribution in [2.45, 2.75) is 6.92 Å². The summed E-state index contributed by atoms with van der Waals surface area (Å²) in [5, 5.41) is 0. The fraction of sp³-hybridized carbons (Fsp3) is 0.316. The lowest BCUT2D eigenvalue weighted by Crippen LogP contribution is -2.29. The van der Waals surface area contributed by atoms with Crippen LogP contribution in [0.1, 0.15) is 6.92 Å². The van der Waals surface area contributed by atoms with Crippen LogP contribution in [0.5, 0.6) is 6.01 Å². The molecule has 134 valence electrons. The van der Waals surface area contributed by atoms with Gasteiger partial charge in [0.2, 0.25) is 11.9 Å². The first kappa shape index (κ1) is 20.2. The highest BCUT2D eigenvalue weighted by Crippen LogP contribution is 2.18. The van der Waals surface area contributed by atoms with Crippen molar-refractivity contribution in [3.63, 3.8) is 0 Å². The fourth-order valence-electron chi connectivity index (χ4n) is 1.97. The van der Waals surface area contributed by atoms with Crippen molar-refractivity contribution in [3.05, 3.63) is 62.8 Å². The molecule has 0 aliphatic carbocycles. The Bertz CT molecular complexity index is 564. The normalized spacial score (nSPS) is 9.80. The highest BCUT2D eigenvalue weighted by Gasteiger charge is 2.16. The van der Waals surface area contributed by atoms with E-state index >= 15 is 0 Å². The predicted octanol–water partition coefficient (Wildman–Crippen LogP) is 3.18. The van der Waals surface area contributed by atoms with E-state index in [1.54, 1.807) is 24.3 Å². The van der Waals surface area contributed by atoms with Crippen LogP contribution in [0, 0.1) is 0 Å². The maximum Gasteiger partial charge on any atom is 0.323 e. The van der Waals surface area contributed by atoms with E-state index in [4.69, 9.17) is 4.74 Å². The highest BCUT2D eigenvalue weighted by atomic mass is 16.5. The van der Waals surface area contributed by atoms with E-state index in [0.717, 1.165) is 5.57 Å². The molecule has 0 aliphatic rings. The van der Waals surface area contributed by atoms with E-state index in [1.165, 1.54) is 0 Å². The molecule has 25 heavy (non-hydrogen) atoms. The number of hydrogen-bond donors (Lipinski definition) is 0. The van der Waals surface area contributed by atoms with Crippen LogP contribution in [-0.2, 0) is 0 Å². The van der Waals surface area contributed by atoms with E-state index in [0.29, 0.717) is 44.7 Å². The molecule has 0 radical (unpaired) electrons. The second-order valence-corrected chi connectivity index (χ2v) is 5.43. The largest absolute Gasteiger partial charge is 0.459 e. The Balaban J connectivity index is 3.30. The van der Waals surface area contributed by atoms with Crippen molar-refractivity contribution >= 4 is 11.9 Å². The van der Waals surface area contributed by atoms with Gasteiger partial charge >= 0.3 is 6.01 Å². The van der Waals surface area contributed by atoms with Crippen LogP contribution in [-0.4, -0.2) is 47.7 Å². The molecule has 0 atom stereocenters. The zero-order valence-electron chi connectivity index (χ0n) is 15.0. The Labute approximate surface area is 150 Å². The molecular formula is C19H27N5O. The molecule has 6 heteroatoms. The lowest BCUT2D eigenvalue weighted by Gasteiger charge is -2.23. The summed E-state index contributed by atoms with van der Waals surface area (Å²) in [4.78, 5) is 17.3. The first-order chi connectivity index (χ1) is 12.0. The van der Waals surface area contributed by atoms with Gasteiger partial charge in [-0.25, -0.2) is 0 Å². The molecule has 0 aromatic carbocycles. The summed E-state index contributed by atoms with van der Waals surface area (Å²) in [6.07, 6.45) is 7.14. The van der Waals surface area contributed by atoms with Crippen LogP contribution in [0.2, 0.25) is 0 Å². The minimum atomic E-state index is 0.249. The molecule has 0 saturated heterocycles. The highest BCUT2D eigenvalue weighted by molar-refractivity contribution is 5.42. The van der Waals surface area contributed by atoms with Crippen LogP contribution in [0.3, 0.4) is 0 Å². The van der Waals surface area contributed by atoms with E-state index in [1.807, 2.05) is 16.7 Å². The molecule has 0 bridgehead atoms. The maximum atomic E-state index is 5.64. The average molecular weight is 341 g/mol. The van der Waals surface area contributed by atoms with Crippen molar-refractivity contribution < 1.29 is 4.74 Å². The summed E-state index contributed by atoms with van der Waals surface area (Å²) in [7, 11) is 0. The summed E-state index contributed by atoms with van der Waals surface area (Å²) in [5.74, 6) is 0.999. The molecule has 0 spiro atoms. The molecule has 1 rings (SSSR count). The average Bonchev–Trinajstić information content (AvgIpc) is 2.59. The first-order valence-corrected chi connectivity index (χ1v) is 8.02. The molecular weight excluding hydrogens is 314 g/mol. The Kier molecular flexibility index (Phi) is 8.71. The van der Waals surface area contributed by atoms with Gasteiger partial charge in [-0.1, -0.05) is 30.9 Å². The minimum Gasteiger partial charge on any atom is -0.459 e. The molecule has 0 amide bonds. The van der Waals surface area contributed by atoms with Gasteiger partial charge in [-0.2, -0.15) is 15.0 Å². The predicted molar refractivity (Wildman–Crippen MR) is 105 cm³/mol.